The van der Waals surface area contributed by atoms with Gasteiger partial charge in [0.15, 0.2) is 5.78 Å². The number of hydrogen-bond acceptors (Lipinski definition) is 3. The standard InChI is InChI=1S/C13H20ClN3O/c1-2-7-17-12(10(14)9-16-17)11(18)8-13(15)5-3-4-6-13/h9H,2-8,15H2,1H3. The Hall–Kier alpha value is -0.870. The second-order valence-corrected chi connectivity index (χ2v) is 5.64. The predicted octanol–water partition coefficient (Wildman–Crippen LogP) is 2.79. The third-order valence-electron chi connectivity index (χ3n) is 3.61. The third-order valence-corrected chi connectivity index (χ3v) is 3.88. The van der Waals surface area contributed by atoms with Gasteiger partial charge in [0.1, 0.15) is 5.69 Å². The minimum Gasteiger partial charge on any atom is -0.325 e. The van der Waals surface area contributed by atoms with Crippen molar-refractivity contribution in [2.75, 3.05) is 0 Å². The van der Waals surface area contributed by atoms with Crippen LogP contribution in [0.1, 0.15) is 55.9 Å². The molecule has 1 aromatic heterocycles. The zero-order valence-electron chi connectivity index (χ0n) is 10.8. The average Bonchev–Trinajstić information content (AvgIpc) is 2.86. The molecule has 18 heavy (non-hydrogen) atoms. The monoisotopic (exact) mass is 269 g/mol. The number of carbonyl (C=O) groups is 1. The summed E-state index contributed by atoms with van der Waals surface area (Å²) in [4.78, 5) is 12.4. The molecule has 1 aliphatic carbocycles. The second kappa shape index (κ2) is 5.41. The zero-order chi connectivity index (χ0) is 13.2. The smallest absolute Gasteiger partial charge is 0.184 e. The predicted molar refractivity (Wildman–Crippen MR) is 71.9 cm³/mol. The summed E-state index contributed by atoms with van der Waals surface area (Å²) in [6.07, 6.45) is 6.94. The molecule has 0 aliphatic heterocycles. The summed E-state index contributed by atoms with van der Waals surface area (Å²) in [6.45, 7) is 2.76. The van der Waals surface area contributed by atoms with E-state index in [1.54, 1.807) is 10.9 Å². The van der Waals surface area contributed by atoms with Crippen molar-refractivity contribution in [3.8, 4) is 0 Å². The van der Waals surface area contributed by atoms with Gasteiger partial charge in [-0.25, -0.2) is 0 Å². The molecule has 1 fully saturated rings. The summed E-state index contributed by atoms with van der Waals surface area (Å²) in [6, 6.07) is 0. The summed E-state index contributed by atoms with van der Waals surface area (Å²) in [5, 5.41) is 4.59. The lowest BCUT2D eigenvalue weighted by molar-refractivity contribution is 0.0941. The van der Waals surface area contributed by atoms with Crippen molar-refractivity contribution in [1.82, 2.24) is 9.78 Å². The van der Waals surface area contributed by atoms with Crippen molar-refractivity contribution in [3.05, 3.63) is 16.9 Å². The van der Waals surface area contributed by atoms with Gasteiger partial charge in [-0.2, -0.15) is 5.10 Å². The van der Waals surface area contributed by atoms with Gasteiger partial charge < -0.3 is 5.73 Å². The highest BCUT2D eigenvalue weighted by Crippen LogP contribution is 2.32. The Morgan fingerprint density at radius 2 is 2.22 bits per heavy atom. The van der Waals surface area contributed by atoms with Crippen LogP contribution in [-0.2, 0) is 6.54 Å². The number of aromatic nitrogens is 2. The van der Waals surface area contributed by atoms with E-state index < -0.39 is 0 Å². The molecule has 4 nitrogen and oxygen atoms in total. The molecule has 1 saturated carbocycles. The quantitative estimate of drug-likeness (QED) is 0.836. The summed E-state index contributed by atoms with van der Waals surface area (Å²) in [5.41, 5.74) is 6.44. The Morgan fingerprint density at radius 3 is 2.83 bits per heavy atom. The van der Waals surface area contributed by atoms with E-state index in [4.69, 9.17) is 17.3 Å². The number of nitrogens with two attached hydrogens (primary N) is 1. The largest absolute Gasteiger partial charge is 0.325 e. The van der Waals surface area contributed by atoms with Gasteiger partial charge in [-0.1, -0.05) is 31.4 Å². The van der Waals surface area contributed by atoms with E-state index >= 15 is 0 Å². The molecule has 1 aliphatic rings. The first-order chi connectivity index (χ1) is 8.56. The molecular formula is C13H20ClN3O. The molecule has 0 amide bonds. The van der Waals surface area contributed by atoms with Gasteiger partial charge >= 0.3 is 0 Å². The highest BCUT2D eigenvalue weighted by molar-refractivity contribution is 6.33. The Bertz CT molecular complexity index is 435. The Kier molecular flexibility index (Phi) is 4.07. The fraction of sp³-hybridized carbons (Fsp3) is 0.692. The number of aryl methyl sites for hydroxylation is 1. The fourth-order valence-electron chi connectivity index (χ4n) is 2.68. The highest BCUT2D eigenvalue weighted by atomic mass is 35.5. The van der Waals surface area contributed by atoms with Crippen molar-refractivity contribution < 1.29 is 4.79 Å². The summed E-state index contributed by atoms with van der Waals surface area (Å²) in [5.74, 6) is 0.0235. The molecule has 0 saturated heterocycles. The number of hydrogen-bond donors (Lipinski definition) is 1. The number of carbonyl (C=O) groups excluding carboxylic acids is 1. The lowest BCUT2D eigenvalue weighted by Gasteiger charge is -2.22. The first-order valence-corrected chi connectivity index (χ1v) is 6.97. The maximum Gasteiger partial charge on any atom is 0.184 e. The third kappa shape index (κ3) is 2.75. The molecule has 0 unspecified atom stereocenters. The minimum atomic E-state index is -0.332. The Labute approximate surface area is 112 Å². The molecule has 1 heterocycles. The Morgan fingerprint density at radius 1 is 1.56 bits per heavy atom. The van der Waals surface area contributed by atoms with Crippen molar-refractivity contribution in [1.29, 1.82) is 0 Å². The average molecular weight is 270 g/mol. The maximum atomic E-state index is 12.4. The SMILES string of the molecule is CCCn1ncc(Cl)c1C(=O)CC1(N)CCCC1. The van der Waals surface area contributed by atoms with Crippen LogP contribution in [0.3, 0.4) is 0 Å². The zero-order valence-corrected chi connectivity index (χ0v) is 11.5. The van der Waals surface area contributed by atoms with Gasteiger partial charge in [0, 0.05) is 18.5 Å². The van der Waals surface area contributed by atoms with Crippen molar-refractivity contribution >= 4 is 17.4 Å². The molecule has 0 atom stereocenters. The maximum absolute atomic E-state index is 12.4. The number of nitrogens with zero attached hydrogens (tertiary/aromatic N) is 2. The first kappa shape index (κ1) is 13.6. The van der Waals surface area contributed by atoms with Crippen molar-refractivity contribution in [2.24, 2.45) is 5.73 Å². The van der Waals surface area contributed by atoms with Gasteiger partial charge in [0.05, 0.1) is 11.2 Å². The van der Waals surface area contributed by atoms with Crippen molar-refractivity contribution in [2.45, 2.75) is 57.5 Å². The lowest BCUT2D eigenvalue weighted by atomic mass is 9.91. The number of Topliss-reactive ketones (excluding diaryl/α,β-unsaturated/α-hetero) is 1. The van der Waals surface area contributed by atoms with Crippen LogP contribution in [0.5, 0.6) is 0 Å². The molecule has 0 spiro atoms. The minimum absolute atomic E-state index is 0.0235. The lowest BCUT2D eigenvalue weighted by Crippen LogP contribution is -2.39. The van der Waals surface area contributed by atoms with E-state index in [2.05, 4.69) is 5.10 Å². The fourth-order valence-corrected chi connectivity index (χ4v) is 2.93. The molecule has 2 N–H and O–H groups in total. The van der Waals surface area contributed by atoms with Crippen LogP contribution in [0.2, 0.25) is 5.02 Å². The molecule has 1 aromatic rings. The van der Waals surface area contributed by atoms with Gasteiger partial charge in [0.25, 0.3) is 0 Å². The summed E-state index contributed by atoms with van der Waals surface area (Å²) >= 11 is 6.06. The number of ketones is 1. The van der Waals surface area contributed by atoms with Gasteiger partial charge in [-0.05, 0) is 19.3 Å². The number of halogens is 1. The molecular weight excluding hydrogens is 250 g/mol. The molecule has 5 heteroatoms. The van der Waals surface area contributed by atoms with Crippen LogP contribution < -0.4 is 5.73 Å². The van der Waals surface area contributed by atoms with E-state index in [1.165, 1.54) is 0 Å². The summed E-state index contributed by atoms with van der Waals surface area (Å²) in [7, 11) is 0. The van der Waals surface area contributed by atoms with Gasteiger partial charge in [0.2, 0.25) is 0 Å². The van der Waals surface area contributed by atoms with Gasteiger partial charge in [-0.3, -0.25) is 9.48 Å². The topological polar surface area (TPSA) is 60.9 Å². The van der Waals surface area contributed by atoms with Crippen LogP contribution in [0.25, 0.3) is 0 Å². The van der Waals surface area contributed by atoms with Crippen LogP contribution in [-0.4, -0.2) is 21.1 Å². The molecule has 100 valence electrons. The van der Waals surface area contributed by atoms with Gasteiger partial charge in [-0.15, -0.1) is 0 Å². The highest BCUT2D eigenvalue weighted by Gasteiger charge is 2.33. The van der Waals surface area contributed by atoms with Crippen molar-refractivity contribution in [3.63, 3.8) is 0 Å². The van der Waals surface area contributed by atoms with E-state index in [0.717, 1.165) is 32.1 Å². The molecule has 0 bridgehead atoms. The second-order valence-electron chi connectivity index (χ2n) is 5.23. The molecule has 0 aromatic carbocycles. The van der Waals surface area contributed by atoms with Crippen LogP contribution >= 0.6 is 11.6 Å². The van der Waals surface area contributed by atoms with E-state index in [0.29, 0.717) is 23.7 Å². The first-order valence-electron chi connectivity index (χ1n) is 6.59. The van der Waals surface area contributed by atoms with E-state index in [1.807, 2.05) is 6.92 Å². The normalized spacial score (nSPS) is 18.2. The number of rotatable bonds is 5. The van der Waals surface area contributed by atoms with Crippen LogP contribution in [0, 0.1) is 0 Å². The van der Waals surface area contributed by atoms with Crippen LogP contribution in [0.15, 0.2) is 6.20 Å². The van der Waals surface area contributed by atoms with Crippen LogP contribution in [0.4, 0.5) is 0 Å². The molecule has 2 rings (SSSR count). The molecule has 0 radical (unpaired) electrons. The van der Waals surface area contributed by atoms with E-state index in [-0.39, 0.29) is 11.3 Å². The Balaban J connectivity index is 2.15. The summed E-state index contributed by atoms with van der Waals surface area (Å²) < 4.78 is 1.70. The van der Waals surface area contributed by atoms with E-state index in [9.17, 15) is 4.79 Å².